The predicted molar refractivity (Wildman–Crippen MR) is 220 cm³/mol. The summed E-state index contributed by atoms with van der Waals surface area (Å²) in [5, 5.41) is 7.09. The van der Waals surface area contributed by atoms with Gasteiger partial charge in [0.2, 0.25) is 0 Å². The summed E-state index contributed by atoms with van der Waals surface area (Å²) in [6, 6.07) is 71.9. The van der Waals surface area contributed by atoms with Crippen LogP contribution in [0.1, 0.15) is 0 Å². The van der Waals surface area contributed by atoms with E-state index >= 15 is 0 Å². The van der Waals surface area contributed by atoms with Gasteiger partial charge in [-0.3, -0.25) is 0 Å². The maximum atomic E-state index is 6.21. The molecule has 2 nitrogen and oxygen atoms in total. The third-order valence-electron chi connectivity index (χ3n) is 10.2. The zero-order chi connectivity index (χ0) is 34.4. The normalized spacial score (nSPS) is 11.5. The molecule has 0 saturated heterocycles. The minimum absolute atomic E-state index is 0.888. The summed E-state index contributed by atoms with van der Waals surface area (Å²) >= 11 is 0. The Morgan fingerprint density at radius 1 is 0.269 bits per heavy atom. The van der Waals surface area contributed by atoms with Gasteiger partial charge in [0.15, 0.2) is 0 Å². The molecule has 1 aromatic heterocycles. The summed E-state index contributed by atoms with van der Waals surface area (Å²) in [7, 11) is 0. The Bertz CT molecular complexity index is 2890. The second-order valence-corrected chi connectivity index (χ2v) is 13.4. The molecule has 10 aromatic rings. The third-order valence-corrected chi connectivity index (χ3v) is 10.2. The van der Waals surface area contributed by atoms with Gasteiger partial charge in [0.05, 0.1) is 0 Å². The summed E-state index contributed by atoms with van der Waals surface area (Å²) in [5.74, 6) is 0. The number of rotatable bonds is 6. The first kappa shape index (κ1) is 30.0. The Hall–Kier alpha value is -6.90. The van der Waals surface area contributed by atoms with Gasteiger partial charge in [-0.2, -0.15) is 0 Å². The van der Waals surface area contributed by atoms with Gasteiger partial charge in [0.1, 0.15) is 11.2 Å². The van der Waals surface area contributed by atoms with Crippen LogP contribution >= 0.6 is 0 Å². The lowest BCUT2D eigenvalue weighted by atomic mass is 9.96. The molecule has 1 heterocycles. The van der Waals surface area contributed by atoms with Gasteiger partial charge in [0, 0.05) is 27.8 Å². The van der Waals surface area contributed by atoms with Crippen molar-refractivity contribution in [2.45, 2.75) is 0 Å². The lowest BCUT2D eigenvalue weighted by Gasteiger charge is -2.26. The van der Waals surface area contributed by atoms with E-state index in [1.807, 2.05) is 12.1 Å². The molecule has 0 aliphatic rings. The molecular formula is C50H33NO. The van der Waals surface area contributed by atoms with E-state index in [-0.39, 0.29) is 0 Å². The molecule has 0 N–H and O–H groups in total. The molecule has 0 amide bonds. The number of nitrogens with zero attached hydrogens (tertiary/aromatic N) is 1. The Kier molecular flexibility index (Phi) is 7.18. The molecule has 0 aliphatic heterocycles. The highest BCUT2D eigenvalue weighted by molar-refractivity contribution is 6.07. The van der Waals surface area contributed by atoms with Gasteiger partial charge < -0.3 is 9.32 Å². The van der Waals surface area contributed by atoms with Crippen LogP contribution in [0.15, 0.2) is 205 Å². The highest BCUT2D eigenvalue weighted by Crippen LogP contribution is 2.41. The van der Waals surface area contributed by atoms with E-state index < -0.39 is 0 Å². The van der Waals surface area contributed by atoms with E-state index in [9.17, 15) is 0 Å². The van der Waals surface area contributed by atoms with Crippen LogP contribution in [0.5, 0.6) is 0 Å². The molecule has 0 aliphatic carbocycles. The van der Waals surface area contributed by atoms with Crippen molar-refractivity contribution in [3.8, 4) is 33.4 Å². The average Bonchev–Trinajstić information content (AvgIpc) is 3.59. The molecule has 2 heteroatoms. The van der Waals surface area contributed by atoms with Crippen molar-refractivity contribution in [3.05, 3.63) is 200 Å². The van der Waals surface area contributed by atoms with E-state index in [2.05, 4.69) is 193 Å². The fraction of sp³-hybridized carbons (Fsp3) is 0. The molecule has 0 spiro atoms. The van der Waals surface area contributed by atoms with E-state index in [1.165, 1.54) is 54.9 Å². The van der Waals surface area contributed by atoms with Crippen molar-refractivity contribution in [3.63, 3.8) is 0 Å². The first-order valence-corrected chi connectivity index (χ1v) is 17.7. The topological polar surface area (TPSA) is 16.4 Å². The predicted octanol–water partition coefficient (Wildman–Crippen LogP) is 14.4. The number of benzene rings is 9. The van der Waals surface area contributed by atoms with Crippen LogP contribution in [0.4, 0.5) is 17.1 Å². The fourth-order valence-corrected chi connectivity index (χ4v) is 7.52. The minimum atomic E-state index is 0.888. The molecule has 0 radical (unpaired) electrons. The highest BCUT2D eigenvalue weighted by atomic mass is 16.3. The number of furan rings is 1. The summed E-state index contributed by atoms with van der Waals surface area (Å²) in [6.07, 6.45) is 0. The molecule has 244 valence electrons. The van der Waals surface area contributed by atoms with Gasteiger partial charge in [-0.15, -0.1) is 0 Å². The van der Waals surface area contributed by atoms with Crippen LogP contribution in [0.2, 0.25) is 0 Å². The summed E-state index contributed by atoms with van der Waals surface area (Å²) in [4.78, 5) is 2.35. The maximum absolute atomic E-state index is 6.21. The molecular weight excluding hydrogens is 631 g/mol. The third kappa shape index (κ3) is 5.39. The van der Waals surface area contributed by atoms with Crippen molar-refractivity contribution in [2.75, 3.05) is 4.90 Å². The molecule has 0 fully saturated rings. The van der Waals surface area contributed by atoms with E-state index in [0.29, 0.717) is 0 Å². The Morgan fingerprint density at radius 2 is 0.731 bits per heavy atom. The standard InChI is InChI=1S/C50H33NO/c1-3-9-34(10-4-1)36-21-24-44(25-22-36)51(46-27-28-50-48(33-46)47-13-7-8-14-49(47)52-50)45-26-23-37-15-16-42(31-43(37)32-45)41-20-19-39-29-38(17-18-40(39)30-41)35-11-5-2-6-12-35/h1-33H. The number of hydrogen-bond donors (Lipinski definition) is 0. The second kappa shape index (κ2) is 12.5. The molecule has 0 unspecified atom stereocenters. The maximum Gasteiger partial charge on any atom is 0.135 e. The van der Waals surface area contributed by atoms with Crippen LogP contribution in [0, 0.1) is 0 Å². The van der Waals surface area contributed by atoms with Crippen LogP contribution in [0.25, 0.3) is 76.9 Å². The minimum Gasteiger partial charge on any atom is -0.456 e. The quantitative estimate of drug-likeness (QED) is 0.176. The van der Waals surface area contributed by atoms with Crippen molar-refractivity contribution >= 4 is 60.5 Å². The molecule has 0 saturated carbocycles. The van der Waals surface area contributed by atoms with Crippen molar-refractivity contribution in [1.29, 1.82) is 0 Å². The Morgan fingerprint density at radius 3 is 1.44 bits per heavy atom. The Labute approximate surface area is 302 Å². The van der Waals surface area contributed by atoms with Crippen LogP contribution < -0.4 is 4.90 Å². The first-order valence-electron chi connectivity index (χ1n) is 17.7. The van der Waals surface area contributed by atoms with Crippen molar-refractivity contribution in [1.82, 2.24) is 0 Å². The zero-order valence-corrected chi connectivity index (χ0v) is 28.4. The average molecular weight is 664 g/mol. The molecule has 0 bridgehead atoms. The van der Waals surface area contributed by atoms with Crippen molar-refractivity contribution < 1.29 is 4.42 Å². The summed E-state index contributed by atoms with van der Waals surface area (Å²) < 4.78 is 6.21. The van der Waals surface area contributed by atoms with Crippen LogP contribution in [-0.2, 0) is 0 Å². The lowest BCUT2D eigenvalue weighted by Crippen LogP contribution is -2.09. The van der Waals surface area contributed by atoms with Crippen molar-refractivity contribution in [2.24, 2.45) is 0 Å². The number of anilines is 3. The molecule has 52 heavy (non-hydrogen) atoms. The van der Waals surface area contributed by atoms with Gasteiger partial charge in [0.25, 0.3) is 0 Å². The molecule has 10 rings (SSSR count). The van der Waals surface area contributed by atoms with Gasteiger partial charge >= 0.3 is 0 Å². The number of hydrogen-bond acceptors (Lipinski definition) is 2. The van der Waals surface area contributed by atoms with E-state index in [4.69, 9.17) is 4.42 Å². The number of para-hydroxylation sites is 1. The number of fused-ring (bicyclic) bond motifs is 5. The highest BCUT2D eigenvalue weighted by Gasteiger charge is 2.17. The van der Waals surface area contributed by atoms with Gasteiger partial charge in [-0.25, -0.2) is 0 Å². The zero-order valence-electron chi connectivity index (χ0n) is 28.4. The van der Waals surface area contributed by atoms with Gasteiger partial charge in [-0.05, 0) is 122 Å². The molecule has 9 aromatic carbocycles. The largest absolute Gasteiger partial charge is 0.456 e. The van der Waals surface area contributed by atoms with Gasteiger partial charge in [-0.1, -0.05) is 133 Å². The summed E-state index contributed by atoms with van der Waals surface area (Å²) in [5.41, 5.74) is 12.3. The monoisotopic (exact) mass is 663 g/mol. The van der Waals surface area contributed by atoms with Crippen LogP contribution in [-0.4, -0.2) is 0 Å². The Balaban J connectivity index is 1.07. The lowest BCUT2D eigenvalue weighted by molar-refractivity contribution is 0.669. The summed E-state index contributed by atoms with van der Waals surface area (Å²) in [6.45, 7) is 0. The fourth-order valence-electron chi connectivity index (χ4n) is 7.52. The SMILES string of the molecule is c1ccc(-c2ccc(N(c3ccc4ccc(-c5ccc6cc(-c7ccccc7)ccc6c5)cc4c3)c3ccc4oc5ccccc5c4c3)cc2)cc1. The first-order chi connectivity index (χ1) is 25.7. The second-order valence-electron chi connectivity index (χ2n) is 13.4. The van der Waals surface area contributed by atoms with Crippen LogP contribution in [0.3, 0.4) is 0 Å². The molecule has 0 atom stereocenters. The van der Waals surface area contributed by atoms with E-state index in [1.54, 1.807) is 0 Å². The smallest absolute Gasteiger partial charge is 0.135 e. The van der Waals surface area contributed by atoms with E-state index in [0.717, 1.165) is 39.0 Å².